The third-order valence-corrected chi connectivity index (χ3v) is 4.68. The number of hydrogen-bond donors (Lipinski definition) is 1. The first-order valence-corrected chi connectivity index (χ1v) is 8.51. The van der Waals surface area contributed by atoms with Gasteiger partial charge in [0.15, 0.2) is 0 Å². The van der Waals surface area contributed by atoms with E-state index in [0.717, 1.165) is 22.4 Å². The molecule has 0 aliphatic carbocycles. The highest BCUT2D eigenvalue weighted by atomic mass is 16.2. The SMILES string of the molecule is CC(C)C1CN(C(=O)c2ccc3nccnc3c2)c2ccccc2N1. The van der Waals surface area contributed by atoms with Gasteiger partial charge in [-0.2, -0.15) is 0 Å². The van der Waals surface area contributed by atoms with Crippen LogP contribution in [0.4, 0.5) is 11.4 Å². The van der Waals surface area contributed by atoms with Crippen molar-refractivity contribution >= 4 is 28.3 Å². The Balaban J connectivity index is 1.74. The first-order chi connectivity index (χ1) is 12.1. The molecule has 4 rings (SSSR count). The van der Waals surface area contributed by atoms with Crippen LogP contribution in [0.2, 0.25) is 0 Å². The molecule has 1 atom stereocenters. The summed E-state index contributed by atoms with van der Waals surface area (Å²) < 4.78 is 0. The molecule has 1 aromatic heterocycles. The maximum absolute atomic E-state index is 13.2. The molecule has 1 aliphatic rings. The number of nitrogens with one attached hydrogen (secondary N) is 1. The van der Waals surface area contributed by atoms with E-state index < -0.39 is 0 Å². The molecule has 2 heterocycles. The van der Waals surface area contributed by atoms with E-state index in [2.05, 4.69) is 29.1 Å². The number of carbonyl (C=O) groups excluding carboxylic acids is 1. The molecule has 1 amide bonds. The van der Waals surface area contributed by atoms with E-state index >= 15 is 0 Å². The molecule has 0 bridgehead atoms. The zero-order valence-electron chi connectivity index (χ0n) is 14.3. The number of carbonyl (C=O) groups is 1. The van der Waals surface area contributed by atoms with E-state index in [4.69, 9.17) is 0 Å². The van der Waals surface area contributed by atoms with Gasteiger partial charge in [-0.15, -0.1) is 0 Å². The van der Waals surface area contributed by atoms with Gasteiger partial charge in [0.25, 0.3) is 5.91 Å². The van der Waals surface area contributed by atoms with Gasteiger partial charge in [0.1, 0.15) is 0 Å². The Kier molecular flexibility index (Phi) is 3.84. The Morgan fingerprint density at radius 1 is 1.12 bits per heavy atom. The molecule has 3 aromatic rings. The zero-order valence-corrected chi connectivity index (χ0v) is 14.3. The molecule has 0 radical (unpaired) electrons. The smallest absolute Gasteiger partial charge is 0.258 e. The minimum Gasteiger partial charge on any atom is -0.379 e. The maximum atomic E-state index is 13.2. The van der Waals surface area contributed by atoms with Gasteiger partial charge in [0.05, 0.1) is 22.4 Å². The van der Waals surface area contributed by atoms with E-state index in [1.54, 1.807) is 12.4 Å². The number of aromatic nitrogens is 2. The largest absolute Gasteiger partial charge is 0.379 e. The summed E-state index contributed by atoms with van der Waals surface area (Å²) >= 11 is 0. The molecule has 0 spiro atoms. The van der Waals surface area contributed by atoms with E-state index in [1.807, 2.05) is 47.4 Å². The van der Waals surface area contributed by atoms with Crippen molar-refractivity contribution in [2.75, 3.05) is 16.8 Å². The molecule has 1 unspecified atom stereocenters. The second kappa shape index (κ2) is 6.16. The van der Waals surface area contributed by atoms with Crippen LogP contribution < -0.4 is 10.2 Å². The molecule has 0 saturated carbocycles. The Hall–Kier alpha value is -2.95. The monoisotopic (exact) mass is 332 g/mol. The highest BCUT2D eigenvalue weighted by molar-refractivity contribution is 6.09. The third-order valence-electron chi connectivity index (χ3n) is 4.68. The van der Waals surface area contributed by atoms with E-state index in [1.165, 1.54) is 0 Å². The highest BCUT2D eigenvalue weighted by Gasteiger charge is 2.30. The van der Waals surface area contributed by atoms with Gasteiger partial charge in [-0.25, -0.2) is 0 Å². The first kappa shape index (κ1) is 15.6. The summed E-state index contributed by atoms with van der Waals surface area (Å²) in [6.45, 7) is 4.98. The summed E-state index contributed by atoms with van der Waals surface area (Å²) in [5.41, 5.74) is 4.08. The van der Waals surface area contributed by atoms with Crippen molar-refractivity contribution in [1.29, 1.82) is 0 Å². The molecule has 25 heavy (non-hydrogen) atoms. The lowest BCUT2D eigenvalue weighted by Crippen LogP contribution is -2.47. The summed E-state index contributed by atoms with van der Waals surface area (Å²) in [7, 11) is 0. The summed E-state index contributed by atoms with van der Waals surface area (Å²) in [5.74, 6) is 0.415. The second-order valence-corrected chi connectivity index (χ2v) is 6.69. The Bertz CT molecular complexity index is 938. The third kappa shape index (κ3) is 2.82. The summed E-state index contributed by atoms with van der Waals surface area (Å²) in [4.78, 5) is 23.7. The molecule has 0 saturated heterocycles. The number of fused-ring (bicyclic) bond motifs is 2. The number of benzene rings is 2. The lowest BCUT2D eigenvalue weighted by Gasteiger charge is -2.37. The van der Waals surface area contributed by atoms with Crippen LogP contribution in [0.25, 0.3) is 11.0 Å². The molecule has 126 valence electrons. The Morgan fingerprint density at radius 2 is 1.88 bits per heavy atom. The van der Waals surface area contributed by atoms with Gasteiger partial charge in [0, 0.05) is 30.5 Å². The van der Waals surface area contributed by atoms with Gasteiger partial charge in [-0.3, -0.25) is 14.8 Å². The Labute approximate surface area is 146 Å². The van der Waals surface area contributed by atoms with Crippen LogP contribution in [0.3, 0.4) is 0 Å². The number of para-hydroxylation sites is 2. The topological polar surface area (TPSA) is 58.1 Å². The predicted molar refractivity (Wildman–Crippen MR) is 99.9 cm³/mol. The van der Waals surface area contributed by atoms with Crippen molar-refractivity contribution in [3.05, 3.63) is 60.4 Å². The number of hydrogen-bond acceptors (Lipinski definition) is 4. The minimum atomic E-state index is -0.00727. The molecule has 5 heteroatoms. The van der Waals surface area contributed by atoms with Crippen LogP contribution in [0.1, 0.15) is 24.2 Å². The molecule has 2 aromatic carbocycles. The minimum absolute atomic E-state index is 0.00727. The van der Waals surface area contributed by atoms with E-state index in [-0.39, 0.29) is 11.9 Å². The number of nitrogens with zero attached hydrogens (tertiary/aromatic N) is 3. The number of rotatable bonds is 2. The fourth-order valence-corrected chi connectivity index (χ4v) is 3.19. The standard InChI is InChI=1S/C20H20N4O/c1-13(2)18-12-24(19-6-4-3-5-16(19)23-18)20(25)14-7-8-15-17(11-14)22-10-9-21-15/h3-11,13,18,23H,12H2,1-2H3. The van der Waals surface area contributed by atoms with E-state index in [0.29, 0.717) is 18.0 Å². The van der Waals surface area contributed by atoms with Gasteiger partial charge >= 0.3 is 0 Å². The average molecular weight is 332 g/mol. The fourth-order valence-electron chi connectivity index (χ4n) is 3.19. The maximum Gasteiger partial charge on any atom is 0.258 e. The number of amides is 1. The average Bonchev–Trinajstić information content (AvgIpc) is 2.66. The van der Waals surface area contributed by atoms with Gasteiger partial charge < -0.3 is 10.2 Å². The van der Waals surface area contributed by atoms with Crippen molar-refractivity contribution in [2.45, 2.75) is 19.9 Å². The van der Waals surface area contributed by atoms with Crippen LogP contribution in [-0.2, 0) is 0 Å². The quantitative estimate of drug-likeness (QED) is 0.777. The van der Waals surface area contributed by atoms with E-state index in [9.17, 15) is 4.79 Å². The number of anilines is 2. The van der Waals surface area contributed by atoms with Gasteiger partial charge in [-0.05, 0) is 36.2 Å². The van der Waals surface area contributed by atoms with Crippen molar-refractivity contribution in [3.8, 4) is 0 Å². The molecular formula is C20H20N4O. The summed E-state index contributed by atoms with van der Waals surface area (Å²) in [5, 5.41) is 3.55. The van der Waals surface area contributed by atoms with Crippen molar-refractivity contribution in [3.63, 3.8) is 0 Å². The van der Waals surface area contributed by atoms with Crippen molar-refractivity contribution in [1.82, 2.24) is 9.97 Å². The molecule has 5 nitrogen and oxygen atoms in total. The van der Waals surface area contributed by atoms with Crippen LogP contribution in [0, 0.1) is 5.92 Å². The summed E-state index contributed by atoms with van der Waals surface area (Å²) in [6.07, 6.45) is 3.30. The fraction of sp³-hybridized carbons (Fsp3) is 0.250. The van der Waals surface area contributed by atoms with Gasteiger partial charge in [-0.1, -0.05) is 26.0 Å². The second-order valence-electron chi connectivity index (χ2n) is 6.69. The van der Waals surface area contributed by atoms with Crippen molar-refractivity contribution < 1.29 is 4.79 Å². The predicted octanol–water partition coefficient (Wildman–Crippen LogP) is 3.73. The molecular weight excluding hydrogens is 312 g/mol. The normalized spacial score (nSPS) is 16.6. The first-order valence-electron chi connectivity index (χ1n) is 8.51. The van der Waals surface area contributed by atoms with Crippen molar-refractivity contribution in [2.24, 2.45) is 5.92 Å². The van der Waals surface area contributed by atoms with Crippen LogP contribution in [0.15, 0.2) is 54.9 Å². The molecule has 1 aliphatic heterocycles. The lowest BCUT2D eigenvalue weighted by atomic mass is 9.99. The van der Waals surface area contributed by atoms with Crippen LogP contribution in [0.5, 0.6) is 0 Å². The summed E-state index contributed by atoms with van der Waals surface area (Å²) in [6, 6.07) is 13.7. The van der Waals surface area contributed by atoms with Crippen LogP contribution >= 0.6 is 0 Å². The molecule has 1 N–H and O–H groups in total. The van der Waals surface area contributed by atoms with Crippen LogP contribution in [-0.4, -0.2) is 28.5 Å². The molecule has 0 fully saturated rings. The highest BCUT2D eigenvalue weighted by Crippen LogP contribution is 2.33. The Morgan fingerprint density at radius 3 is 2.68 bits per heavy atom. The lowest BCUT2D eigenvalue weighted by molar-refractivity contribution is 0.0984. The van der Waals surface area contributed by atoms with Gasteiger partial charge in [0.2, 0.25) is 0 Å². The zero-order chi connectivity index (χ0) is 17.4.